The van der Waals surface area contributed by atoms with Gasteiger partial charge < -0.3 is 14.2 Å². The van der Waals surface area contributed by atoms with E-state index < -0.39 is 0 Å². The molecule has 5 nitrogen and oxygen atoms in total. The van der Waals surface area contributed by atoms with Crippen LogP contribution in [-0.2, 0) is 4.74 Å². The highest BCUT2D eigenvalue weighted by Gasteiger charge is 2.21. The monoisotopic (exact) mass is 325 g/mol. The number of methoxy groups -OCH3 is 1. The SMILES string of the molecule is COc1ncccc1C1=C(COc2cccc(C)c2C=O)COC1. The molecule has 0 saturated heterocycles. The van der Waals surface area contributed by atoms with Gasteiger partial charge in [-0.05, 0) is 41.8 Å². The molecule has 1 aliphatic heterocycles. The summed E-state index contributed by atoms with van der Waals surface area (Å²) in [4.78, 5) is 15.5. The Morgan fingerprint density at radius 2 is 2.12 bits per heavy atom. The zero-order chi connectivity index (χ0) is 16.9. The van der Waals surface area contributed by atoms with Crippen LogP contribution in [0.3, 0.4) is 0 Å². The summed E-state index contributed by atoms with van der Waals surface area (Å²) in [5, 5.41) is 0. The molecule has 0 bridgehead atoms. The van der Waals surface area contributed by atoms with Crippen molar-refractivity contribution in [1.82, 2.24) is 4.98 Å². The van der Waals surface area contributed by atoms with Crippen LogP contribution in [0.2, 0.25) is 0 Å². The van der Waals surface area contributed by atoms with Gasteiger partial charge in [0.2, 0.25) is 5.88 Å². The summed E-state index contributed by atoms with van der Waals surface area (Å²) in [5.74, 6) is 1.15. The standard InChI is InChI=1S/C19H19NO4/c1-13-5-3-7-18(16(13)9-21)24-11-14-10-23-12-17(14)15-6-4-8-20-19(15)22-2/h3-9H,10-12H2,1-2H3. The van der Waals surface area contributed by atoms with Crippen LogP contribution >= 0.6 is 0 Å². The van der Waals surface area contributed by atoms with E-state index in [1.807, 2.05) is 31.2 Å². The van der Waals surface area contributed by atoms with E-state index in [1.54, 1.807) is 19.4 Å². The minimum absolute atomic E-state index is 0.359. The fourth-order valence-electron chi connectivity index (χ4n) is 2.74. The van der Waals surface area contributed by atoms with E-state index in [9.17, 15) is 4.79 Å². The van der Waals surface area contributed by atoms with E-state index in [1.165, 1.54) is 0 Å². The van der Waals surface area contributed by atoms with Gasteiger partial charge in [-0.2, -0.15) is 0 Å². The number of carbonyl (C=O) groups excluding carboxylic acids is 1. The number of hydrogen-bond donors (Lipinski definition) is 0. The third-order valence-electron chi connectivity index (χ3n) is 4.04. The Bertz CT molecular complexity index is 783. The second kappa shape index (κ2) is 7.27. The zero-order valence-corrected chi connectivity index (χ0v) is 13.7. The molecule has 1 aliphatic rings. The van der Waals surface area contributed by atoms with Crippen LogP contribution in [0.15, 0.2) is 42.1 Å². The minimum atomic E-state index is 0.359. The van der Waals surface area contributed by atoms with Crippen molar-refractivity contribution in [3.8, 4) is 11.6 Å². The summed E-state index contributed by atoms with van der Waals surface area (Å²) < 4.78 is 16.8. The van der Waals surface area contributed by atoms with E-state index in [-0.39, 0.29) is 0 Å². The Labute approximate surface area is 140 Å². The van der Waals surface area contributed by atoms with Crippen LogP contribution in [0.1, 0.15) is 21.5 Å². The predicted molar refractivity (Wildman–Crippen MR) is 90.6 cm³/mol. The second-order valence-electron chi connectivity index (χ2n) is 5.53. The molecule has 2 aromatic rings. The Morgan fingerprint density at radius 3 is 2.92 bits per heavy atom. The molecule has 0 unspecified atom stereocenters. The predicted octanol–water partition coefficient (Wildman–Crippen LogP) is 3.07. The fourth-order valence-corrected chi connectivity index (χ4v) is 2.74. The number of nitrogens with zero attached hydrogens (tertiary/aromatic N) is 1. The van der Waals surface area contributed by atoms with Crippen molar-refractivity contribution in [1.29, 1.82) is 0 Å². The molecule has 0 aliphatic carbocycles. The van der Waals surface area contributed by atoms with Gasteiger partial charge in [-0.1, -0.05) is 12.1 Å². The van der Waals surface area contributed by atoms with Crippen molar-refractivity contribution < 1.29 is 19.0 Å². The number of benzene rings is 1. The smallest absolute Gasteiger partial charge is 0.220 e. The molecule has 0 fully saturated rings. The highest BCUT2D eigenvalue weighted by Crippen LogP contribution is 2.31. The first-order valence-electron chi connectivity index (χ1n) is 7.70. The third kappa shape index (κ3) is 3.16. The van der Waals surface area contributed by atoms with Crippen LogP contribution in [0.4, 0.5) is 0 Å². The quantitative estimate of drug-likeness (QED) is 0.764. The lowest BCUT2D eigenvalue weighted by molar-refractivity contribution is 0.111. The van der Waals surface area contributed by atoms with Gasteiger partial charge in [-0.15, -0.1) is 0 Å². The molecule has 0 saturated carbocycles. The zero-order valence-electron chi connectivity index (χ0n) is 13.7. The fraction of sp³-hybridized carbons (Fsp3) is 0.263. The van der Waals surface area contributed by atoms with Crippen LogP contribution in [0, 0.1) is 6.92 Å². The topological polar surface area (TPSA) is 57.7 Å². The molecule has 5 heteroatoms. The van der Waals surface area contributed by atoms with E-state index in [0.29, 0.717) is 37.0 Å². The summed E-state index contributed by atoms with van der Waals surface area (Å²) in [6, 6.07) is 9.40. The van der Waals surface area contributed by atoms with Gasteiger partial charge in [-0.3, -0.25) is 4.79 Å². The van der Waals surface area contributed by atoms with Crippen LogP contribution in [-0.4, -0.2) is 38.2 Å². The van der Waals surface area contributed by atoms with Gasteiger partial charge in [0.25, 0.3) is 0 Å². The molecular weight excluding hydrogens is 306 g/mol. The molecule has 1 aromatic heterocycles. The van der Waals surface area contributed by atoms with E-state index in [4.69, 9.17) is 14.2 Å². The summed E-state index contributed by atoms with van der Waals surface area (Å²) in [7, 11) is 1.60. The first-order valence-corrected chi connectivity index (χ1v) is 7.70. The van der Waals surface area contributed by atoms with Gasteiger partial charge in [0.05, 0.1) is 25.9 Å². The van der Waals surface area contributed by atoms with Gasteiger partial charge >= 0.3 is 0 Å². The molecule has 3 rings (SSSR count). The summed E-state index contributed by atoms with van der Waals surface area (Å²) in [6.45, 7) is 3.24. The highest BCUT2D eigenvalue weighted by molar-refractivity contribution is 5.81. The Hall–Kier alpha value is -2.66. The molecule has 0 radical (unpaired) electrons. The number of aryl methyl sites for hydroxylation is 1. The molecule has 0 spiro atoms. The van der Waals surface area contributed by atoms with E-state index in [0.717, 1.165) is 28.6 Å². The maximum absolute atomic E-state index is 11.3. The Morgan fingerprint density at radius 1 is 1.25 bits per heavy atom. The lowest BCUT2D eigenvalue weighted by atomic mass is 10.0. The van der Waals surface area contributed by atoms with Gasteiger partial charge in [0.1, 0.15) is 12.4 Å². The Kier molecular flexibility index (Phi) is 4.91. The number of pyridine rings is 1. The number of aldehydes is 1. The summed E-state index contributed by atoms with van der Waals surface area (Å²) in [6.07, 6.45) is 2.52. The number of rotatable bonds is 6. The largest absolute Gasteiger partial charge is 0.488 e. The van der Waals surface area contributed by atoms with Gasteiger partial charge in [0, 0.05) is 11.8 Å². The number of hydrogen-bond acceptors (Lipinski definition) is 5. The molecule has 0 N–H and O–H groups in total. The maximum Gasteiger partial charge on any atom is 0.220 e. The lowest BCUT2D eigenvalue weighted by Gasteiger charge is -2.12. The number of carbonyl (C=O) groups is 1. The summed E-state index contributed by atoms with van der Waals surface area (Å²) >= 11 is 0. The van der Waals surface area contributed by atoms with Crippen LogP contribution < -0.4 is 9.47 Å². The van der Waals surface area contributed by atoms with Crippen molar-refractivity contribution in [2.45, 2.75) is 6.92 Å². The Balaban J connectivity index is 1.86. The lowest BCUT2D eigenvalue weighted by Crippen LogP contribution is -2.06. The summed E-state index contributed by atoms with van der Waals surface area (Å²) in [5.41, 5.74) is 4.45. The molecule has 124 valence electrons. The van der Waals surface area contributed by atoms with E-state index in [2.05, 4.69) is 4.98 Å². The average molecular weight is 325 g/mol. The maximum atomic E-state index is 11.3. The van der Waals surface area contributed by atoms with E-state index >= 15 is 0 Å². The third-order valence-corrected chi connectivity index (χ3v) is 4.04. The van der Waals surface area contributed by atoms with Crippen LogP contribution in [0.5, 0.6) is 11.6 Å². The van der Waals surface area contributed by atoms with Crippen molar-refractivity contribution in [2.24, 2.45) is 0 Å². The second-order valence-corrected chi connectivity index (χ2v) is 5.53. The normalized spacial score (nSPS) is 13.9. The first-order chi connectivity index (χ1) is 11.7. The molecule has 24 heavy (non-hydrogen) atoms. The average Bonchev–Trinajstić information content (AvgIpc) is 3.08. The van der Waals surface area contributed by atoms with Crippen molar-refractivity contribution in [3.63, 3.8) is 0 Å². The number of ether oxygens (including phenoxy) is 3. The molecular formula is C19H19NO4. The molecule has 2 heterocycles. The first kappa shape index (κ1) is 16.2. The minimum Gasteiger partial charge on any atom is -0.488 e. The van der Waals surface area contributed by atoms with Gasteiger partial charge in [0.15, 0.2) is 6.29 Å². The van der Waals surface area contributed by atoms with Crippen molar-refractivity contribution >= 4 is 11.9 Å². The molecule has 0 amide bonds. The molecule has 1 aromatic carbocycles. The molecule has 0 atom stereocenters. The van der Waals surface area contributed by atoms with Crippen molar-refractivity contribution in [3.05, 3.63) is 58.8 Å². The highest BCUT2D eigenvalue weighted by atomic mass is 16.5. The number of aromatic nitrogens is 1. The van der Waals surface area contributed by atoms with Crippen molar-refractivity contribution in [2.75, 3.05) is 26.9 Å². The van der Waals surface area contributed by atoms with Gasteiger partial charge in [-0.25, -0.2) is 4.98 Å². The van der Waals surface area contributed by atoms with Crippen LogP contribution in [0.25, 0.3) is 5.57 Å².